The van der Waals surface area contributed by atoms with Gasteiger partial charge in [-0.15, -0.1) is 0 Å². The number of H-pyrrole nitrogens is 1. The summed E-state index contributed by atoms with van der Waals surface area (Å²) in [7, 11) is -0.798. The van der Waals surface area contributed by atoms with Crippen LogP contribution in [0.4, 0.5) is 0 Å². The summed E-state index contributed by atoms with van der Waals surface area (Å²) in [5.41, 5.74) is 6.62. The molecule has 0 fully saturated rings. The van der Waals surface area contributed by atoms with E-state index >= 15 is 0 Å². The number of aromatic nitrogens is 1. The van der Waals surface area contributed by atoms with Crippen molar-refractivity contribution in [2.45, 2.75) is 72.0 Å². The van der Waals surface area contributed by atoms with Gasteiger partial charge in [0.25, 0.3) is 0 Å². The van der Waals surface area contributed by atoms with Crippen LogP contribution < -0.4 is 28.2 Å². The van der Waals surface area contributed by atoms with Gasteiger partial charge in [-0.25, -0.2) is 0 Å². The van der Waals surface area contributed by atoms with Crippen molar-refractivity contribution in [2.24, 2.45) is 0 Å². The quantitative estimate of drug-likeness (QED) is 0.548. The molecule has 0 radical (unpaired) electrons. The largest absolute Gasteiger partial charge is 1.00 e. The van der Waals surface area contributed by atoms with Crippen LogP contribution in [0.3, 0.4) is 0 Å². The number of rotatable bonds is 3. The number of aromatic amines is 1. The van der Waals surface area contributed by atoms with Crippen LogP contribution in [0.5, 0.6) is 0 Å². The molecule has 0 amide bonds. The summed E-state index contributed by atoms with van der Waals surface area (Å²) < 4.78 is 3.41. The van der Waals surface area contributed by atoms with Crippen molar-refractivity contribution in [1.29, 1.82) is 0 Å². The first kappa shape index (κ1) is 24.4. The normalized spacial score (nSPS) is 20.9. The standard InChI is InChI=1S/C11H19Si.C8H12N.2ClH.Zr/c1-8-7-11(4,12(5)6)10(3)9(8)2;1-8(2,3)7-4-5-9-6-7;;;/h12H,1-6H3;4-5,9H,1-3H3;2*1H;/q;;;;+2/p-2. The molecule has 1 aliphatic carbocycles. The smallest absolute Gasteiger partial charge is 1.00 e. The van der Waals surface area contributed by atoms with Crippen LogP contribution in [0.1, 0.15) is 54.0 Å². The Bertz CT molecular complexity index is 653. The second-order valence-electron chi connectivity index (χ2n) is 8.25. The first-order valence-corrected chi connectivity index (χ1v) is 13.7. The van der Waals surface area contributed by atoms with Crippen molar-refractivity contribution in [1.82, 2.24) is 4.98 Å². The molecule has 5 heteroatoms. The van der Waals surface area contributed by atoms with E-state index in [0.717, 1.165) is 0 Å². The van der Waals surface area contributed by atoms with E-state index in [0.29, 0.717) is 5.04 Å². The van der Waals surface area contributed by atoms with Crippen LogP contribution in [-0.2, 0) is 28.6 Å². The third-order valence-corrected chi connectivity index (χ3v) is 13.9. The Kier molecular flexibility index (Phi) is 8.57. The van der Waals surface area contributed by atoms with Crippen LogP contribution in [0.2, 0.25) is 18.1 Å². The van der Waals surface area contributed by atoms with E-state index < -0.39 is 32.0 Å². The molecule has 1 atom stereocenters. The second kappa shape index (κ2) is 8.42. The van der Waals surface area contributed by atoms with Gasteiger partial charge in [0.2, 0.25) is 0 Å². The van der Waals surface area contributed by atoms with Gasteiger partial charge in [0.05, 0.1) is 0 Å². The van der Waals surface area contributed by atoms with Gasteiger partial charge in [-0.3, -0.25) is 0 Å². The summed E-state index contributed by atoms with van der Waals surface area (Å²) in [6, 6.07) is 2.30. The molecule has 1 aromatic rings. The molecule has 0 bridgehead atoms. The molecule has 1 nitrogen and oxygen atoms in total. The molecule has 1 aliphatic rings. The van der Waals surface area contributed by atoms with Crippen LogP contribution in [0.15, 0.2) is 32.3 Å². The van der Waals surface area contributed by atoms with Gasteiger partial charge in [-0.2, -0.15) is 0 Å². The summed E-state index contributed by atoms with van der Waals surface area (Å²) in [5.74, 6) is 0. The van der Waals surface area contributed by atoms with Gasteiger partial charge < -0.3 is 24.8 Å². The van der Waals surface area contributed by atoms with E-state index in [4.69, 9.17) is 0 Å². The summed E-state index contributed by atoms with van der Waals surface area (Å²) in [6.45, 7) is 21.7. The van der Waals surface area contributed by atoms with Gasteiger partial charge in [0.1, 0.15) is 0 Å². The zero-order chi connectivity index (χ0) is 16.9. The molecule has 1 unspecified atom stereocenters. The van der Waals surface area contributed by atoms with Crippen molar-refractivity contribution >= 4 is 12.2 Å². The summed E-state index contributed by atoms with van der Waals surface area (Å²) in [5, 5.41) is 0.403. The molecule has 1 heterocycles. The predicted octanol–water partition coefficient (Wildman–Crippen LogP) is -1.10. The summed E-state index contributed by atoms with van der Waals surface area (Å²) >= 11 is -0.781. The predicted molar refractivity (Wildman–Crippen MR) is 97.4 cm³/mol. The molecule has 0 aromatic carbocycles. The molecule has 24 heavy (non-hydrogen) atoms. The fourth-order valence-corrected chi connectivity index (χ4v) is 12.5. The number of nitrogens with one attached hydrogen (secondary N) is 1. The van der Waals surface area contributed by atoms with E-state index in [1.807, 2.05) is 3.28 Å². The van der Waals surface area contributed by atoms with E-state index in [9.17, 15) is 0 Å². The van der Waals surface area contributed by atoms with Crippen LogP contribution >= 0.6 is 0 Å². The Labute approximate surface area is 174 Å². The zero-order valence-electron chi connectivity index (χ0n) is 16.5. The first-order valence-electron chi connectivity index (χ1n) is 8.35. The zero-order valence-corrected chi connectivity index (χ0v) is 21.6. The van der Waals surface area contributed by atoms with Gasteiger partial charge in [-0.1, -0.05) is 0 Å². The van der Waals surface area contributed by atoms with Crippen molar-refractivity contribution < 1.29 is 48.0 Å². The Hall–Kier alpha value is 0.440. The molecule has 1 N–H and O–H groups in total. The molecule has 1 aromatic heterocycles. The maximum atomic E-state index is 3.60. The van der Waals surface area contributed by atoms with Crippen LogP contribution in [0, 0.1) is 0 Å². The topological polar surface area (TPSA) is 15.8 Å². The SMILES string of the molecule is CC1=C(C)C(C)([SiH](C)C)[C]([Zr+2][c]2[nH]ccc2C(C)(C)C)=C1C.[Cl-].[Cl-]. The molecule has 0 saturated heterocycles. The second-order valence-corrected chi connectivity index (χ2v) is 14.8. The molecule has 0 spiro atoms. The number of allylic oxidation sites excluding steroid dienone is 4. The fraction of sp³-hybridized carbons (Fsp3) is 0.579. The number of halogens is 2. The van der Waals surface area contributed by atoms with E-state index in [1.165, 1.54) is 5.56 Å². The molecule has 0 saturated carbocycles. The van der Waals surface area contributed by atoms with Gasteiger partial charge in [0, 0.05) is 0 Å². The van der Waals surface area contributed by atoms with Gasteiger partial charge in [-0.05, 0) is 0 Å². The summed E-state index contributed by atoms with van der Waals surface area (Å²) in [6.07, 6.45) is 2.15. The summed E-state index contributed by atoms with van der Waals surface area (Å²) in [4.78, 5) is 3.60. The Morgan fingerprint density at radius 1 is 1.04 bits per heavy atom. The fourth-order valence-electron chi connectivity index (χ4n) is 3.60. The van der Waals surface area contributed by atoms with Crippen LogP contribution in [0.25, 0.3) is 0 Å². The first-order chi connectivity index (χ1) is 10.0. The number of hydrogen-bond acceptors (Lipinski definition) is 0. The monoisotopic (exact) mass is 461 g/mol. The molecular formula is C19H31Cl2NSiZr. The van der Waals surface area contributed by atoms with Crippen LogP contribution in [-0.4, -0.2) is 13.8 Å². The Morgan fingerprint density at radius 2 is 1.58 bits per heavy atom. The third kappa shape index (κ3) is 4.05. The molecule has 2 rings (SSSR count). The van der Waals surface area contributed by atoms with Crippen molar-refractivity contribution in [2.75, 3.05) is 0 Å². The van der Waals surface area contributed by atoms with Crippen molar-refractivity contribution in [3.63, 3.8) is 0 Å². The minimum atomic E-state index is -0.798. The minimum absolute atomic E-state index is 0. The Morgan fingerprint density at radius 3 is 2.04 bits per heavy atom. The number of hydrogen-bond donors (Lipinski definition) is 1. The molecule has 0 aliphatic heterocycles. The van der Waals surface area contributed by atoms with E-state index in [-0.39, 0.29) is 30.2 Å². The molecule has 134 valence electrons. The Balaban J connectivity index is 0.00000264. The van der Waals surface area contributed by atoms with Crippen molar-refractivity contribution in [3.8, 4) is 0 Å². The molecular weight excluding hydrogens is 432 g/mol. The average molecular weight is 464 g/mol. The third-order valence-electron chi connectivity index (χ3n) is 5.76. The minimum Gasteiger partial charge on any atom is -1.00 e. The van der Waals surface area contributed by atoms with Crippen molar-refractivity contribution in [3.05, 3.63) is 37.8 Å². The van der Waals surface area contributed by atoms with E-state index in [2.05, 4.69) is 78.8 Å². The van der Waals surface area contributed by atoms with E-state index in [1.54, 1.807) is 20.1 Å². The van der Waals surface area contributed by atoms with Gasteiger partial charge in [0.15, 0.2) is 0 Å². The van der Waals surface area contributed by atoms with Gasteiger partial charge >= 0.3 is 150 Å². The maximum absolute atomic E-state index is 3.60. The average Bonchev–Trinajstić information content (AvgIpc) is 2.94. The maximum Gasteiger partial charge on any atom is -1.00 e.